The summed E-state index contributed by atoms with van der Waals surface area (Å²) in [4.78, 5) is 19.9. The number of nitrogen functional groups attached to an aromatic ring is 1. The number of ketones is 1. The van der Waals surface area contributed by atoms with Crippen molar-refractivity contribution in [2.75, 3.05) is 37.1 Å². The molecule has 4 N–H and O–H groups in total. The minimum absolute atomic E-state index is 0.0177. The highest BCUT2D eigenvalue weighted by Gasteiger charge is 2.09. The zero-order valence-electron chi connectivity index (χ0n) is 17.2. The van der Waals surface area contributed by atoms with Crippen LogP contribution in [-0.2, 0) is 6.42 Å². The lowest BCUT2D eigenvalue weighted by atomic mass is 10.1. The quantitative estimate of drug-likeness (QED) is 0.461. The number of aromatic nitrogens is 2. The lowest BCUT2D eigenvalue weighted by molar-refractivity contribution is 0.101. The maximum Gasteiger partial charge on any atom is 0.160 e. The van der Waals surface area contributed by atoms with E-state index in [0.717, 1.165) is 17.7 Å². The fourth-order valence-corrected chi connectivity index (χ4v) is 2.92. The van der Waals surface area contributed by atoms with Gasteiger partial charge in [-0.15, -0.1) is 0 Å². The number of rotatable bonds is 9. The first-order chi connectivity index (χ1) is 14.5. The van der Waals surface area contributed by atoms with Gasteiger partial charge in [-0.3, -0.25) is 4.79 Å². The van der Waals surface area contributed by atoms with Crippen LogP contribution in [0.2, 0.25) is 0 Å². The number of hydrogen-bond acceptors (Lipinski definition) is 8. The maximum absolute atomic E-state index is 11.4. The van der Waals surface area contributed by atoms with E-state index in [2.05, 4.69) is 20.6 Å². The highest BCUT2D eigenvalue weighted by Crippen LogP contribution is 2.28. The van der Waals surface area contributed by atoms with Crippen LogP contribution in [0.15, 0.2) is 48.8 Å². The Balaban J connectivity index is 1.64. The molecule has 0 spiro atoms. The number of benzene rings is 2. The summed E-state index contributed by atoms with van der Waals surface area (Å²) < 4.78 is 10.6. The Labute approximate surface area is 175 Å². The molecule has 0 aliphatic rings. The first-order valence-corrected chi connectivity index (χ1v) is 9.45. The number of nitrogens with two attached hydrogens (primary N) is 1. The van der Waals surface area contributed by atoms with E-state index in [9.17, 15) is 4.79 Å². The minimum Gasteiger partial charge on any atom is -0.493 e. The third kappa shape index (κ3) is 4.96. The normalized spacial score (nSPS) is 10.4. The van der Waals surface area contributed by atoms with E-state index in [0.29, 0.717) is 40.9 Å². The smallest absolute Gasteiger partial charge is 0.160 e. The number of nitrogens with one attached hydrogen (secondary N) is 2. The van der Waals surface area contributed by atoms with Gasteiger partial charge in [0.1, 0.15) is 12.0 Å². The van der Waals surface area contributed by atoms with Gasteiger partial charge < -0.3 is 25.8 Å². The average Bonchev–Trinajstić information content (AvgIpc) is 2.76. The molecule has 8 heteroatoms. The Kier molecular flexibility index (Phi) is 6.69. The van der Waals surface area contributed by atoms with Crippen LogP contribution in [0.5, 0.6) is 11.5 Å². The van der Waals surface area contributed by atoms with Crippen LogP contribution in [0.1, 0.15) is 22.8 Å². The Morgan fingerprint density at radius 3 is 2.37 bits per heavy atom. The summed E-state index contributed by atoms with van der Waals surface area (Å²) in [5.41, 5.74) is 9.17. The predicted molar refractivity (Wildman–Crippen MR) is 118 cm³/mol. The van der Waals surface area contributed by atoms with E-state index in [-0.39, 0.29) is 5.78 Å². The van der Waals surface area contributed by atoms with E-state index < -0.39 is 0 Å². The molecule has 0 aliphatic heterocycles. The summed E-state index contributed by atoms with van der Waals surface area (Å²) in [6.07, 6.45) is 2.19. The number of methoxy groups -OCH3 is 2. The highest BCUT2D eigenvalue weighted by atomic mass is 16.5. The van der Waals surface area contributed by atoms with Crippen LogP contribution in [0.4, 0.5) is 23.0 Å². The fourth-order valence-electron chi connectivity index (χ4n) is 2.92. The molecule has 3 rings (SSSR count). The lowest BCUT2D eigenvalue weighted by Crippen LogP contribution is -2.11. The van der Waals surface area contributed by atoms with Gasteiger partial charge in [0.05, 0.1) is 14.2 Å². The summed E-state index contributed by atoms with van der Waals surface area (Å²) in [5, 5.41) is 6.40. The minimum atomic E-state index is 0.0177. The van der Waals surface area contributed by atoms with Gasteiger partial charge in [-0.1, -0.05) is 6.07 Å². The predicted octanol–water partition coefficient (Wildman–Crippen LogP) is 3.68. The molecule has 1 aromatic heterocycles. The van der Waals surface area contributed by atoms with Crippen molar-refractivity contribution in [2.45, 2.75) is 13.3 Å². The summed E-state index contributed by atoms with van der Waals surface area (Å²) in [5.74, 6) is 2.45. The summed E-state index contributed by atoms with van der Waals surface area (Å²) in [6, 6.07) is 12.9. The monoisotopic (exact) mass is 407 g/mol. The molecular weight excluding hydrogens is 382 g/mol. The molecule has 3 aromatic rings. The van der Waals surface area contributed by atoms with Gasteiger partial charge in [0.2, 0.25) is 0 Å². The number of carbonyl (C=O) groups is 1. The van der Waals surface area contributed by atoms with Crippen molar-refractivity contribution < 1.29 is 14.3 Å². The number of Topliss-reactive ketones (excluding diaryl/α,β-unsaturated/α-hetero) is 1. The van der Waals surface area contributed by atoms with Crippen LogP contribution < -0.4 is 25.8 Å². The van der Waals surface area contributed by atoms with Crippen molar-refractivity contribution in [1.82, 2.24) is 9.97 Å². The molecule has 156 valence electrons. The lowest BCUT2D eigenvalue weighted by Gasteiger charge is -2.13. The first-order valence-electron chi connectivity index (χ1n) is 9.45. The molecule has 0 unspecified atom stereocenters. The van der Waals surface area contributed by atoms with Gasteiger partial charge in [-0.05, 0) is 55.3 Å². The van der Waals surface area contributed by atoms with E-state index in [1.54, 1.807) is 26.4 Å². The second kappa shape index (κ2) is 9.60. The van der Waals surface area contributed by atoms with Crippen LogP contribution in [0.3, 0.4) is 0 Å². The number of hydrogen-bond donors (Lipinski definition) is 3. The van der Waals surface area contributed by atoms with Crippen LogP contribution in [0.25, 0.3) is 0 Å². The van der Waals surface area contributed by atoms with E-state index in [1.165, 1.54) is 13.3 Å². The van der Waals surface area contributed by atoms with Crippen molar-refractivity contribution >= 4 is 28.8 Å². The van der Waals surface area contributed by atoms with Gasteiger partial charge in [0.15, 0.2) is 28.9 Å². The zero-order chi connectivity index (χ0) is 21.5. The van der Waals surface area contributed by atoms with Gasteiger partial charge in [0.25, 0.3) is 0 Å². The van der Waals surface area contributed by atoms with Crippen molar-refractivity contribution in [1.29, 1.82) is 0 Å². The maximum atomic E-state index is 11.4. The molecule has 0 fully saturated rings. The third-order valence-electron chi connectivity index (χ3n) is 4.59. The molecule has 30 heavy (non-hydrogen) atoms. The van der Waals surface area contributed by atoms with Crippen molar-refractivity contribution in [3.63, 3.8) is 0 Å². The number of ether oxygens (including phenoxy) is 2. The largest absolute Gasteiger partial charge is 0.493 e. The second-order valence-electron chi connectivity index (χ2n) is 6.61. The van der Waals surface area contributed by atoms with Crippen LogP contribution in [-0.4, -0.2) is 36.5 Å². The van der Waals surface area contributed by atoms with Crippen molar-refractivity contribution in [3.8, 4) is 11.5 Å². The zero-order valence-corrected chi connectivity index (χ0v) is 17.2. The molecule has 1 heterocycles. The van der Waals surface area contributed by atoms with E-state index in [1.807, 2.05) is 30.3 Å². The van der Waals surface area contributed by atoms with Crippen molar-refractivity contribution in [2.24, 2.45) is 0 Å². The molecule has 0 aliphatic carbocycles. The molecular formula is C22H25N5O3. The SMILES string of the molecule is COc1ccc(CCNc2ncnc(Nc3ccc(C(C)=O)cc3)c2N)cc1OC. The Hall–Kier alpha value is -3.81. The molecule has 0 saturated heterocycles. The third-order valence-corrected chi connectivity index (χ3v) is 4.59. The summed E-state index contributed by atoms with van der Waals surface area (Å²) in [7, 11) is 3.23. The topological polar surface area (TPSA) is 111 Å². The molecule has 0 bridgehead atoms. The van der Waals surface area contributed by atoms with Crippen molar-refractivity contribution in [3.05, 3.63) is 59.9 Å². The van der Waals surface area contributed by atoms with Crippen LogP contribution in [0, 0.1) is 0 Å². The van der Waals surface area contributed by atoms with Crippen LogP contribution >= 0.6 is 0 Å². The molecule has 0 amide bonds. The first kappa shape index (κ1) is 20.9. The molecule has 0 atom stereocenters. The van der Waals surface area contributed by atoms with Gasteiger partial charge in [-0.2, -0.15) is 0 Å². The van der Waals surface area contributed by atoms with E-state index in [4.69, 9.17) is 15.2 Å². The molecule has 0 radical (unpaired) electrons. The number of anilines is 4. The van der Waals surface area contributed by atoms with Gasteiger partial charge >= 0.3 is 0 Å². The van der Waals surface area contributed by atoms with E-state index >= 15 is 0 Å². The Bertz CT molecular complexity index is 1020. The van der Waals surface area contributed by atoms with Gasteiger partial charge in [0, 0.05) is 17.8 Å². The average molecular weight is 407 g/mol. The summed E-state index contributed by atoms with van der Waals surface area (Å²) >= 11 is 0. The standard InChI is InChI=1S/C22H25N5O3/c1-14(28)16-5-7-17(8-6-16)27-22-20(23)21(25-13-26-22)24-11-10-15-4-9-18(29-2)19(12-15)30-3/h4-9,12-13H,10-11,23H2,1-3H3,(H2,24,25,26,27). The van der Waals surface area contributed by atoms with Gasteiger partial charge in [-0.25, -0.2) is 9.97 Å². The molecule has 8 nitrogen and oxygen atoms in total. The molecule has 0 saturated carbocycles. The summed E-state index contributed by atoms with van der Waals surface area (Å²) in [6.45, 7) is 2.16. The fraction of sp³-hybridized carbons (Fsp3) is 0.227. The Morgan fingerprint density at radius 2 is 1.70 bits per heavy atom. The second-order valence-corrected chi connectivity index (χ2v) is 6.61. The number of nitrogens with zero attached hydrogens (tertiary/aromatic N) is 2. The Morgan fingerprint density at radius 1 is 1.00 bits per heavy atom. The molecule has 2 aromatic carbocycles. The number of carbonyl (C=O) groups excluding carboxylic acids is 1. The highest BCUT2D eigenvalue weighted by molar-refractivity contribution is 5.94.